The molecule has 3 rings (SSSR count). The highest BCUT2D eigenvalue weighted by atomic mass is 35.5. The number of thiocarbonyl (C=S) groups is 1. The summed E-state index contributed by atoms with van der Waals surface area (Å²) in [4.78, 5) is 13.0. The van der Waals surface area contributed by atoms with Crippen LogP contribution in [0.4, 0.5) is 5.69 Å². The van der Waals surface area contributed by atoms with Crippen LogP contribution in [0.25, 0.3) is 0 Å². The van der Waals surface area contributed by atoms with E-state index in [2.05, 4.69) is 16.0 Å². The molecular weight excluding hydrogens is 370 g/mol. The van der Waals surface area contributed by atoms with Crippen molar-refractivity contribution >= 4 is 40.5 Å². The van der Waals surface area contributed by atoms with E-state index in [1.165, 1.54) is 0 Å². The number of hydrogen-bond donors (Lipinski definition) is 4. The number of halogens is 1. The number of hydrogen-bond acceptors (Lipinski definition) is 3. The molecule has 134 valence electrons. The highest BCUT2D eigenvalue weighted by molar-refractivity contribution is 7.80. The van der Waals surface area contributed by atoms with E-state index in [-0.39, 0.29) is 11.7 Å². The van der Waals surface area contributed by atoms with Gasteiger partial charge in [0.2, 0.25) is 0 Å². The van der Waals surface area contributed by atoms with Gasteiger partial charge in [-0.2, -0.15) is 0 Å². The zero-order chi connectivity index (χ0) is 18.8. The van der Waals surface area contributed by atoms with E-state index >= 15 is 0 Å². The van der Waals surface area contributed by atoms with E-state index in [1.54, 1.807) is 49.4 Å². The summed E-state index contributed by atoms with van der Waals surface area (Å²) in [5, 5.41) is 19.6. The molecule has 1 aliphatic heterocycles. The maximum atomic E-state index is 13.0. The van der Waals surface area contributed by atoms with Crippen molar-refractivity contribution in [2.45, 2.75) is 19.9 Å². The zero-order valence-corrected chi connectivity index (χ0v) is 15.8. The molecule has 0 aromatic heterocycles. The molecular formula is C19H18ClN3O2S. The Morgan fingerprint density at radius 1 is 1.19 bits per heavy atom. The number of carbonyl (C=O) groups excluding carboxylic acids is 1. The van der Waals surface area contributed by atoms with Crippen LogP contribution < -0.4 is 16.0 Å². The van der Waals surface area contributed by atoms with Gasteiger partial charge in [-0.05, 0) is 61.5 Å². The van der Waals surface area contributed by atoms with Gasteiger partial charge < -0.3 is 21.1 Å². The van der Waals surface area contributed by atoms with Crippen LogP contribution in [0.3, 0.4) is 0 Å². The Hall–Kier alpha value is -2.57. The minimum absolute atomic E-state index is 0.159. The van der Waals surface area contributed by atoms with Gasteiger partial charge in [0.25, 0.3) is 5.91 Å². The largest absolute Gasteiger partial charge is 0.508 e. The van der Waals surface area contributed by atoms with Crippen molar-refractivity contribution < 1.29 is 9.90 Å². The van der Waals surface area contributed by atoms with Gasteiger partial charge in [-0.1, -0.05) is 29.8 Å². The summed E-state index contributed by atoms with van der Waals surface area (Å²) in [6.45, 7) is 3.66. The lowest BCUT2D eigenvalue weighted by Crippen LogP contribution is -2.45. The van der Waals surface area contributed by atoms with Crippen LogP contribution in [0.2, 0.25) is 5.02 Å². The smallest absolute Gasteiger partial charge is 0.255 e. The normalized spacial score (nSPS) is 16.7. The fraction of sp³-hybridized carbons (Fsp3) is 0.158. The average Bonchev–Trinajstić information content (AvgIpc) is 2.59. The summed E-state index contributed by atoms with van der Waals surface area (Å²) in [7, 11) is 0. The molecule has 7 heteroatoms. The number of amides is 1. The molecule has 1 amide bonds. The number of phenols is 1. The number of allylic oxidation sites excluding steroid dienone is 1. The van der Waals surface area contributed by atoms with Gasteiger partial charge in [0.15, 0.2) is 5.11 Å². The highest BCUT2D eigenvalue weighted by Gasteiger charge is 2.30. The molecule has 1 unspecified atom stereocenters. The fourth-order valence-corrected chi connectivity index (χ4v) is 3.29. The molecule has 4 N–H and O–H groups in total. The second-order valence-electron chi connectivity index (χ2n) is 6.03. The molecule has 0 aliphatic carbocycles. The van der Waals surface area contributed by atoms with Crippen LogP contribution in [0.15, 0.2) is 53.7 Å². The topological polar surface area (TPSA) is 73.4 Å². The van der Waals surface area contributed by atoms with Crippen LogP contribution in [-0.4, -0.2) is 16.1 Å². The van der Waals surface area contributed by atoms with E-state index in [0.29, 0.717) is 27.1 Å². The summed E-state index contributed by atoms with van der Waals surface area (Å²) in [6, 6.07) is 11.6. The van der Waals surface area contributed by atoms with Crippen molar-refractivity contribution in [3.63, 3.8) is 0 Å². The zero-order valence-electron chi connectivity index (χ0n) is 14.3. The third-order valence-corrected chi connectivity index (χ3v) is 4.89. The lowest BCUT2D eigenvalue weighted by atomic mass is 9.94. The molecule has 5 nitrogen and oxygen atoms in total. The van der Waals surface area contributed by atoms with Gasteiger partial charge in [-0.15, -0.1) is 0 Å². The van der Waals surface area contributed by atoms with Crippen LogP contribution >= 0.6 is 23.8 Å². The number of phenolic OH excluding ortho intramolecular Hbond substituents is 1. The maximum absolute atomic E-state index is 13.0. The Kier molecular flexibility index (Phi) is 5.15. The van der Waals surface area contributed by atoms with Crippen molar-refractivity contribution in [2.24, 2.45) is 0 Å². The van der Waals surface area contributed by atoms with E-state index < -0.39 is 6.04 Å². The van der Waals surface area contributed by atoms with Crippen LogP contribution in [0, 0.1) is 6.92 Å². The summed E-state index contributed by atoms with van der Waals surface area (Å²) in [5.41, 5.74) is 3.46. The first kappa shape index (κ1) is 18.2. The summed E-state index contributed by atoms with van der Waals surface area (Å²) in [5.74, 6) is -0.0973. The van der Waals surface area contributed by atoms with Crippen molar-refractivity contribution in [1.82, 2.24) is 10.6 Å². The maximum Gasteiger partial charge on any atom is 0.255 e. The molecule has 1 heterocycles. The van der Waals surface area contributed by atoms with E-state index in [9.17, 15) is 9.90 Å². The molecule has 0 fully saturated rings. The third-order valence-electron chi connectivity index (χ3n) is 4.26. The van der Waals surface area contributed by atoms with E-state index in [0.717, 1.165) is 11.1 Å². The molecule has 0 saturated heterocycles. The first-order chi connectivity index (χ1) is 12.4. The second kappa shape index (κ2) is 7.35. The molecule has 0 radical (unpaired) electrons. The van der Waals surface area contributed by atoms with Gasteiger partial charge in [-0.25, -0.2) is 0 Å². The minimum atomic E-state index is -0.427. The monoisotopic (exact) mass is 387 g/mol. The minimum Gasteiger partial charge on any atom is -0.508 e. The predicted octanol–water partition coefficient (Wildman–Crippen LogP) is 3.79. The van der Waals surface area contributed by atoms with Crippen LogP contribution in [-0.2, 0) is 4.79 Å². The second-order valence-corrected chi connectivity index (χ2v) is 6.84. The van der Waals surface area contributed by atoms with Gasteiger partial charge in [0, 0.05) is 16.4 Å². The third kappa shape index (κ3) is 3.66. The fourth-order valence-electron chi connectivity index (χ4n) is 2.84. The molecule has 0 spiro atoms. The quantitative estimate of drug-likeness (QED) is 0.603. The van der Waals surface area contributed by atoms with Crippen molar-refractivity contribution in [2.75, 3.05) is 5.32 Å². The Balaban J connectivity index is 1.96. The first-order valence-corrected chi connectivity index (χ1v) is 8.79. The predicted molar refractivity (Wildman–Crippen MR) is 107 cm³/mol. The SMILES string of the molecule is CC1=C(C(=O)Nc2cccc(Cl)c2C)C(c2ccc(O)cc2)NC(=S)N1. The van der Waals surface area contributed by atoms with Crippen molar-refractivity contribution in [3.05, 3.63) is 69.9 Å². The van der Waals surface area contributed by atoms with Gasteiger partial charge in [-0.3, -0.25) is 4.79 Å². The number of carbonyl (C=O) groups is 1. The molecule has 2 aromatic rings. The van der Waals surface area contributed by atoms with Gasteiger partial charge >= 0.3 is 0 Å². The van der Waals surface area contributed by atoms with Gasteiger partial charge in [0.05, 0.1) is 11.6 Å². The van der Waals surface area contributed by atoms with Crippen molar-refractivity contribution in [3.8, 4) is 5.75 Å². The first-order valence-electron chi connectivity index (χ1n) is 8.00. The lowest BCUT2D eigenvalue weighted by molar-refractivity contribution is -0.113. The Labute approximate surface area is 162 Å². The molecule has 1 aliphatic rings. The Bertz CT molecular complexity index is 910. The summed E-state index contributed by atoms with van der Waals surface area (Å²) < 4.78 is 0. The Morgan fingerprint density at radius 2 is 1.88 bits per heavy atom. The summed E-state index contributed by atoms with van der Waals surface area (Å²) in [6.07, 6.45) is 0. The number of aromatic hydroxyl groups is 1. The average molecular weight is 388 g/mol. The number of anilines is 1. The number of nitrogens with one attached hydrogen (secondary N) is 3. The van der Waals surface area contributed by atoms with Crippen molar-refractivity contribution in [1.29, 1.82) is 0 Å². The standard InChI is InChI=1S/C19H18ClN3O2S/c1-10-14(20)4-3-5-15(10)22-18(25)16-11(2)21-19(26)23-17(16)12-6-8-13(24)9-7-12/h3-9,17,24H,1-2H3,(H,22,25)(H2,21,23,26). The number of benzene rings is 2. The van der Waals surface area contributed by atoms with Crippen LogP contribution in [0.5, 0.6) is 5.75 Å². The highest BCUT2D eigenvalue weighted by Crippen LogP contribution is 2.30. The van der Waals surface area contributed by atoms with E-state index in [4.69, 9.17) is 23.8 Å². The molecule has 1 atom stereocenters. The lowest BCUT2D eigenvalue weighted by Gasteiger charge is -2.30. The summed E-state index contributed by atoms with van der Waals surface area (Å²) >= 11 is 11.4. The number of rotatable bonds is 3. The van der Waals surface area contributed by atoms with E-state index in [1.807, 2.05) is 6.92 Å². The molecule has 0 saturated carbocycles. The van der Waals surface area contributed by atoms with Gasteiger partial charge in [0.1, 0.15) is 5.75 Å². The molecule has 2 aromatic carbocycles. The molecule has 0 bridgehead atoms. The Morgan fingerprint density at radius 3 is 2.58 bits per heavy atom. The van der Waals surface area contributed by atoms with Crippen LogP contribution in [0.1, 0.15) is 24.1 Å². The molecule has 26 heavy (non-hydrogen) atoms.